The van der Waals surface area contributed by atoms with Crippen LogP contribution in [-0.2, 0) is 4.79 Å². The molecule has 26 heavy (non-hydrogen) atoms. The minimum absolute atomic E-state index is 0.0691. The first kappa shape index (κ1) is 17.9. The number of likely N-dealkylation sites (N-methyl/N-ethyl adjacent to an activating group) is 1. The van der Waals surface area contributed by atoms with Gasteiger partial charge in [0.05, 0.1) is 11.7 Å². The molecule has 0 fully saturated rings. The molecule has 0 radical (unpaired) electrons. The van der Waals surface area contributed by atoms with Crippen LogP contribution in [-0.4, -0.2) is 44.0 Å². The monoisotopic (exact) mass is 357 g/mol. The fourth-order valence-electron chi connectivity index (χ4n) is 2.82. The third-order valence-corrected chi connectivity index (χ3v) is 4.19. The highest BCUT2D eigenvalue weighted by Crippen LogP contribution is 2.28. The summed E-state index contributed by atoms with van der Waals surface area (Å²) in [6.07, 6.45) is 0. The molecule has 7 heteroatoms. The molecular weight excluding hydrogens is 337 g/mol. The Bertz CT molecular complexity index is 839. The van der Waals surface area contributed by atoms with Crippen molar-refractivity contribution in [3.8, 4) is 5.75 Å². The van der Waals surface area contributed by atoms with E-state index >= 15 is 0 Å². The molecule has 0 saturated carbocycles. The molecule has 2 aromatic rings. The number of rotatable bonds is 5. The zero-order chi connectivity index (χ0) is 18.7. The number of anilines is 1. The molecule has 1 unspecified atom stereocenters. The van der Waals surface area contributed by atoms with E-state index in [9.17, 15) is 14.0 Å². The lowest BCUT2D eigenvalue weighted by atomic mass is 10.1. The molecule has 0 bridgehead atoms. The van der Waals surface area contributed by atoms with E-state index in [4.69, 9.17) is 4.74 Å². The van der Waals surface area contributed by atoms with E-state index in [1.807, 2.05) is 25.1 Å². The molecule has 0 aliphatic carbocycles. The maximum Gasteiger partial charge on any atom is 0.262 e. The quantitative estimate of drug-likeness (QED) is 0.861. The van der Waals surface area contributed by atoms with Crippen LogP contribution in [0.25, 0.3) is 0 Å². The molecule has 6 nitrogen and oxygen atoms in total. The SMILES string of the molecule is CN(C)C(CNC(=O)c1ccc2c(c1)OCC(=O)N2)c1cccc(F)c1. The molecule has 0 spiro atoms. The molecule has 2 aromatic carbocycles. The maximum atomic E-state index is 13.5. The fraction of sp³-hybridized carbons (Fsp3) is 0.263. The summed E-state index contributed by atoms with van der Waals surface area (Å²) in [5.74, 6) is -0.337. The van der Waals surface area contributed by atoms with Gasteiger partial charge in [0.25, 0.3) is 11.8 Å². The lowest BCUT2D eigenvalue weighted by molar-refractivity contribution is -0.118. The highest BCUT2D eigenvalue weighted by Gasteiger charge is 2.19. The summed E-state index contributed by atoms with van der Waals surface area (Å²) in [6, 6.07) is 11.0. The fourth-order valence-corrected chi connectivity index (χ4v) is 2.82. The Morgan fingerprint density at radius 3 is 2.85 bits per heavy atom. The second-order valence-electron chi connectivity index (χ2n) is 6.29. The molecule has 2 amide bonds. The van der Waals surface area contributed by atoms with Gasteiger partial charge in [0.1, 0.15) is 11.6 Å². The van der Waals surface area contributed by atoms with Crippen molar-refractivity contribution >= 4 is 17.5 Å². The van der Waals surface area contributed by atoms with Crippen molar-refractivity contribution in [1.82, 2.24) is 10.2 Å². The first-order valence-corrected chi connectivity index (χ1v) is 8.21. The van der Waals surface area contributed by atoms with Crippen LogP contribution in [0.3, 0.4) is 0 Å². The summed E-state index contributed by atoms with van der Waals surface area (Å²) in [4.78, 5) is 25.7. The number of halogens is 1. The van der Waals surface area contributed by atoms with Crippen LogP contribution >= 0.6 is 0 Å². The van der Waals surface area contributed by atoms with Crippen molar-refractivity contribution in [2.45, 2.75) is 6.04 Å². The van der Waals surface area contributed by atoms with Gasteiger partial charge in [-0.2, -0.15) is 0 Å². The van der Waals surface area contributed by atoms with Gasteiger partial charge in [0, 0.05) is 12.1 Å². The van der Waals surface area contributed by atoms with Crippen molar-refractivity contribution in [1.29, 1.82) is 0 Å². The number of benzene rings is 2. The van der Waals surface area contributed by atoms with Gasteiger partial charge < -0.3 is 20.3 Å². The van der Waals surface area contributed by atoms with Crippen LogP contribution in [0.5, 0.6) is 5.75 Å². The Kier molecular flexibility index (Phi) is 5.18. The summed E-state index contributed by atoms with van der Waals surface area (Å²) in [5, 5.41) is 5.55. The zero-order valence-electron chi connectivity index (χ0n) is 14.6. The molecular formula is C19H20FN3O3. The van der Waals surface area contributed by atoms with Crippen molar-refractivity contribution < 1.29 is 18.7 Å². The van der Waals surface area contributed by atoms with Crippen LogP contribution in [0.4, 0.5) is 10.1 Å². The van der Waals surface area contributed by atoms with Gasteiger partial charge in [-0.3, -0.25) is 9.59 Å². The molecule has 0 aromatic heterocycles. The zero-order valence-corrected chi connectivity index (χ0v) is 14.6. The Labute approximate surface area is 150 Å². The molecule has 1 atom stereocenters. The highest BCUT2D eigenvalue weighted by atomic mass is 19.1. The molecule has 1 heterocycles. The maximum absolute atomic E-state index is 13.5. The topological polar surface area (TPSA) is 70.7 Å². The molecule has 3 rings (SSSR count). The highest BCUT2D eigenvalue weighted by molar-refractivity contribution is 5.99. The lowest BCUT2D eigenvalue weighted by Crippen LogP contribution is -2.34. The summed E-state index contributed by atoms with van der Waals surface area (Å²) in [7, 11) is 3.74. The number of nitrogens with zero attached hydrogens (tertiary/aromatic N) is 1. The second kappa shape index (κ2) is 7.53. The third-order valence-electron chi connectivity index (χ3n) is 4.19. The molecule has 136 valence electrons. The minimum atomic E-state index is -0.311. The van der Waals surface area contributed by atoms with Crippen molar-refractivity contribution in [2.24, 2.45) is 0 Å². The molecule has 1 aliphatic heterocycles. The van der Waals surface area contributed by atoms with E-state index in [-0.39, 0.29) is 30.3 Å². The standard InChI is InChI=1S/C19H20FN3O3/c1-23(2)16(12-4-3-5-14(20)8-12)10-21-19(25)13-6-7-15-17(9-13)26-11-18(24)22-15/h3-9,16H,10-11H2,1-2H3,(H,21,25)(H,22,24). The minimum Gasteiger partial charge on any atom is -0.482 e. The Hall–Kier alpha value is -2.93. The van der Waals surface area contributed by atoms with Gasteiger partial charge >= 0.3 is 0 Å². The predicted molar refractivity (Wildman–Crippen MR) is 95.7 cm³/mol. The number of carbonyl (C=O) groups is 2. The van der Waals surface area contributed by atoms with E-state index < -0.39 is 0 Å². The van der Waals surface area contributed by atoms with Gasteiger partial charge in [0.15, 0.2) is 6.61 Å². The number of ether oxygens (including phenoxy) is 1. The predicted octanol–water partition coefficient (Wildman–Crippen LogP) is 2.19. The summed E-state index contributed by atoms with van der Waals surface area (Å²) < 4.78 is 18.8. The van der Waals surface area contributed by atoms with E-state index in [0.29, 0.717) is 23.5 Å². The number of hydrogen-bond acceptors (Lipinski definition) is 4. The van der Waals surface area contributed by atoms with Gasteiger partial charge in [-0.05, 0) is 50.0 Å². The van der Waals surface area contributed by atoms with E-state index in [1.165, 1.54) is 12.1 Å². The van der Waals surface area contributed by atoms with E-state index in [1.54, 1.807) is 24.3 Å². The number of carbonyl (C=O) groups excluding carboxylic acids is 2. The summed E-state index contributed by atoms with van der Waals surface area (Å²) in [5.41, 5.74) is 1.76. The van der Waals surface area contributed by atoms with E-state index in [0.717, 1.165) is 5.56 Å². The summed E-state index contributed by atoms with van der Waals surface area (Å²) >= 11 is 0. The van der Waals surface area contributed by atoms with Gasteiger partial charge in [-0.25, -0.2) is 4.39 Å². The number of amides is 2. The second-order valence-corrected chi connectivity index (χ2v) is 6.29. The van der Waals surface area contributed by atoms with Crippen molar-refractivity contribution in [3.63, 3.8) is 0 Å². The Balaban J connectivity index is 1.70. The van der Waals surface area contributed by atoms with Crippen LogP contribution in [0.2, 0.25) is 0 Å². The average molecular weight is 357 g/mol. The number of hydrogen-bond donors (Lipinski definition) is 2. The first-order valence-electron chi connectivity index (χ1n) is 8.21. The van der Waals surface area contributed by atoms with Gasteiger partial charge in [0.2, 0.25) is 0 Å². The van der Waals surface area contributed by atoms with Crippen molar-refractivity contribution in [2.75, 3.05) is 32.6 Å². The van der Waals surface area contributed by atoms with Crippen molar-refractivity contribution in [3.05, 3.63) is 59.4 Å². The molecule has 0 saturated heterocycles. The first-order chi connectivity index (χ1) is 12.4. The smallest absolute Gasteiger partial charge is 0.262 e. The Morgan fingerprint density at radius 1 is 1.31 bits per heavy atom. The van der Waals surface area contributed by atoms with Crippen LogP contribution in [0, 0.1) is 5.82 Å². The van der Waals surface area contributed by atoms with E-state index in [2.05, 4.69) is 10.6 Å². The van der Waals surface area contributed by atoms with Crippen LogP contribution < -0.4 is 15.4 Å². The van der Waals surface area contributed by atoms with Crippen LogP contribution in [0.1, 0.15) is 22.0 Å². The molecule has 2 N–H and O–H groups in total. The van der Waals surface area contributed by atoms with Crippen LogP contribution in [0.15, 0.2) is 42.5 Å². The van der Waals surface area contributed by atoms with Gasteiger partial charge in [-0.1, -0.05) is 12.1 Å². The third kappa shape index (κ3) is 4.00. The summed E-state index contributed by atoms with van der Waals surface area (Å²) in [6.45, 7) is 0.254. The Morgan fingerprint density at radius 2 is 2.12 bits per heavy atom. The average Bonchev–Trinajstić information content (AvgIpc) is 2.61. The molecule has 1 aliphatic rings. The number of fused-ring (bicyclic) bond motifs is 1. The normalized spacial score (nSPS) is 14.2. The lowest BCUT2D eigenvalue weighted by Gasteiger charge is -2.25. The van der Waals surface area contributed by atoms with Gasteiger partial charge in [-0.15, -0.1) is 0 Å². The largest absolute Gasteiger partial charge is 0.482 e. The number of nitrogens with one attached hydrogen (secondary N) is 2.